The Morgan fingerprint density at radius 1 is 1.40 bits per heavy atom. The van der Waals surface area contributed by atoms with Gasteiger partial charge in [0.2, 0.25) is 0 Å². The van der Waals surface area contributed by atoms with Crippen LogP contribution in [0, 0.1) is 11.3 Å². The highest BCUT2D eigenvalue weighted by atomic mass is 16.3. The van der Waals surface area contributed by atoms with Crippen molar-refractivity contribution in [2.45, 2.75) is 26.7 Å². The molecule has 0 aliphatic rings. The molecule has 0 aromatic rings. The van der Waals surface area contributed by atoms with Crippen LogP contribution in [0.25, 0.3) is 0 Å². The van der Waals surface area contributed by atoms with Gasteiger partial charge in [0.25, 0.3) is 0 Å². The highest BCUT2D eigenvalue weighted by molar-refractivity contribution is 5.27. The van der Waals surface area contributed by atoms with Crippen LogP contribution in [0.4, 0.5) is 0 Å². The van der Waals surface area contributed by atoms with Crippen molar-refractivity contribution in [3.63, 3.8) is 0 Å². The van der Waals surface area contributed by atoms with E-state index in [1.165, 1.54) is 0 Å². The molecule has 0 saturated carbocycles. The minimum absolute atomic E-state index is 0.118. The number of hydrogen-bond donors (Lipinski definition) is 1. The van der Waals surface area contributed by atoms with Crippen LogP contribution in [-0.2, 0) is 0 Å². The Morgan fingerprint density at radius 2 is 1.90 bits per heavy atom. The van der Waals surface area contributed by atoms with Crippen LogP contribution >= 0.6 is 0 Å². The monoisotopic (exact) mass is 139 g/mol. The second kappa shape index (κ2) is 5.01. The van der Waals surface area contributed by atoms with Crippen molar-refractivity contribution in [2.75, 3.05) is 6.61 Å². The fraction of sp³-hybridized carbons (Fsp3) is 0.625. The van der Waals surface area contributed by atoms with Crippen molar-refractivity contribution >= 4 is 0 Å². The molecule has 0 aliphatic heterocycles. The van der Waals surface area contributed by atoms with Gasteiger partial charge in [0.15, 0.2) is 0 Å². The predicted molar refractivity (Wildman–Crippen MR) is 40.3 cm³/mol. The molecule has 0 aromatic heterocycles. The molecule has 0 unspecified atom stereocenters. The second-order valence-electron chi connectivity index (χ2n) is 2.06. The molecule has 2 nitrogen and oxygen atoms in total. The lowest BCUT2D eigenvalue weighted by molar-refractivity contribution is 0.334. The Hall–Kier alpha value is -0.810. The summed E-state index contributed by atoms with van der Waals surface area (Å²) in [5, 5.41) is 17.2. The molecule has 0 fully saturated rings. The highest BCUT2D eigenvalue weighted by Gasteiger charge is 1.99. The number of allylic oxidation sites excluding steroid dienone is 1. The lowest BCUT2D eigenvalue weighted by Gasteiger charge is -2.01. The molecule has 0 rings (SSSR count). The largest absolute Gasteiger partial charge is 0.391 e. The third-order valence-corrected chi connectivity index (χ3v) is 1.57. The van der Waals surface area contributed by atoms with Gasteiger partial charge in [-0.15, -0.1) is 0 Å². The molecular formula is C8H13NO. The van der Waals surface area contributed by atoms with Gasteiger partial charge in [-0.2, -0.15) is 5.26 Å². The molecule has 10 heavy (non-hydrogen) atoms. The number of nitriles is 1. The summed E-state index contributed by atoms with van der Waals surface area (Å²) < 4.78 is 0. The number of aliphatic hydroxyl groups is 1. The molecule has 0 amide bonds. The average molecular weight is 139 g/mol. The molecule has 0 bridgehead atoms. The van der Waals surface area contributed by atoms with E-state index in [-0.39, 0.29) is 6.61 Å². The molecule has 0 aliphatic carbocycles. The maximum atomic E-state index is 8.68. The molecule has 0 aromatic carbocycles. The summed E-state index contributed by atoms with van der Waals surface area (Å²) in [5.41, 5.74) is 1.59. The van der Waals surface area contributed by atoms with Gasteiger partial charge in [-0.1, -0.05) is 19.4 Å². The van der Waals surface area contributed by atoms with Crippen LogP contribution < -0.4 is 0 Å². The summed E-state index contributed by atoms with van der Waals surface area (Å²) in [4.78, 5) is 0. The first-order valence-electron chi connectivity index (χ1n) is 3.51. The van der Waals surface area contributed by atoms with Crippen molar-refractivity contribution in [3.05, 3.63) is 11.1 Å². The Balaban J connectivity index is 4.40. The van der Waals surface area contributed by atoms with Crippen LogP contribution in [0.2, 0.25) is 0 Å². The van der Waals surface area contributed by atoms with Crippen LogP contribution in [-0.4, -0.2) is 11.7 Å². The summed E-state index contributed by atoms with van der Waals surface area (Å²) in [6, 6.07) is 1.98. The van der Waals surface area contributed by atoms with Gasteiger partial charge in [0, 0.05) is 0 Å². The normalized spacial score (nSPS) is 8.60. The zero-order chi connectivity index (χ0) is 7.98. The van der Waals surface area contributed by atoms with Gasteiger partial charge in [-0.3, -0.25) is 0 Å². The van der Waals surface area contributed by atoms with Crippen LogP contribution in [0.1, 0.15) is 26.7 Å². The zero-order valence-electron chi connectivity index (χ0n) is 6.52. The van der Waals surface area contributed by atoms with Crippen LogP contribution in [0.5, 0.6) is 0 Å². The van der Waals surface area contributed by atoms with Crippen molar-refractivity contribution < 1.29 is 5.11 Å². The second-order valence-corrected chi connectivity index (χ2v) is 2.06. The number of nitrogens with zero attached hydrogens (tertiary/aromatic N) is 1. The van der Waals surface area contributed by atoms with E-state index >= 15 is 0 Å². The lowest BCUT2D eigenvalue weighted by Crippen LogP contribution is -1.92. The SMILES string of the molecule is CCC(CC)=C(C#N)CO. The summed E-state index contributed by atoms with van der Waals surface area (Å²) in [6.45, 7) is 3.87. The lowest BCUT2D eigenvalue weighted by atomic mass is 10.1. The Bertz CT molecular complexity index is 159. The van der Waals surface area contributed by atoms with Gasteiger partial charge >= 0.3 is 0 Å². The quantitative estimate of drug-likeness (QED) is 0.604. The summed E-state index contributed by atoms with van der Waals surface area (Å²) in [7, 11) is 0. The van der Waals surface area contributed by atoms with E-state index in [4.69, 9.17) is 10.4 Å². The smallest absolute Gasteiger partial charge is 0.0971 e. The maximum absolute atomic E-state index is 8.68. The van der Waals surface area contributed by atoms with E-state index in [0.717, 1.165) is 18.4 Å². The summed E-state index contributed by atoms with van der Waals surface area (Å²) in [6.07, 6.45) is 1.72. The van der Waals surface area contributed by atoms with Gasteiger partial charge < -0.3 is 5.11 Å². The zero-order valence-corrected chi connectivity index (χ0v) is 6.52. The Labute approximate surface area is 61.8 Å². The first-order valence-corrected chi connectivity index (χ1v) is 3.51. The van der Waals surface area contributed by atoms with Gasteiger partial charge in [0.05, 0.1) is 18.2 Å². The van der Waals surface area contributed by atoms with Crippen molar-refractivity contribution in [1.82, 2.24) is 0 Å². The maximum Gasteiger partial charge on any atom is 0.0971 e. The van der Waals surface area contributed by atoms with Gasteiger partial charge in [-0.05, 0) is 12.8 Å². The molecule has 0 atom stereocenters. The van der Waals surface area contributed by atoms with E-state index in [1.54, 1.807) is 0 Å². The van der Waals surface area contributed by atoms with Crippen LogP contribution in [0.3, 0.4) is 0 Å². The first kappa shape index (κ1) is 9.19. The molecule has 1 N–H and O–H groups in total. The topological polar surface area (TPSA) is 44.0 Å². The minimum Gasteiger partial charge on any atom is -0.391 e. The molecule has 0 saturated heterocycles. The molecule has 0 spiro atoms. The standard InChI is InChI=1S/C8H13NO/c1-3-7(4-2)8(5-9)6-10/h10H,3-4,6H2,1-2H3. The van der Waals surface area contributed by atoms with Crippen molar-refractivity contribution in [1.29, 1.82) is 5.26 Å². The van der Waals surface area contributed by atoms with E-state index in [1.807, 2.05) is 19.9 Å². The Morgan fingerprint density at radius 3 is 2.00 bits per heavy atom. The predicted octanol–water partition coefficient (Wildman–Crippen LogP) is 1.62. The summed E-state index contributed by atoms with van der Waals surface area (Å²) in [5.74, 6) is 0. The van der Waals surface area contributed by atoms with Gasteiger partial charge in [0.1, 0.15) is 0 Å². The third-order valence-electron chi connectivity index (χ3n) is 1.57. The molecule has 0 heterocycles. The number of hydrogen-bond acceptors (Lipinski definition) is 2. The van der Waals surface area contributed by atoms with Crippen molar-refractivity contribution in [2.24, 2.45) is 0 Å². The van der Waals surface area contributed by atoms with Crippen LogP contribution in [0.15, 0.2) is 11.1 Å². The van der Waals surface area contributed by atoms with Gasteiger partial charge in [-0.25, -0.2) is 0 Å². The average Bonchev–Trinajstić information content (AvgIpc) is 2.00. The first-order chi connectivity index (χ1) is 4.79. The Kier molecular flexibility index (Phi) is 4.61. The molecule has 0 radical (unpaired) electrons. The summed E-state index contributed by atoms with van der Waals surface area (Å²) >= 11 is 0. The van der Waals surface area contributed by atoms with E-state index < -0.39 is 0 Å². The van der Waals surface area contributed by atoms with E-state index in [9.17, 15) is 0 Å². The van der Waals surface area contributed by atoms with E-state index in [2.05, 4.69) is 0 Å². The molecule has 56 valence electrons. The van der Waals surface area contributed by atoms with E-state index in [0.29, 0.717) is 5.57 Å². The number of aliphatic hydroxyl groups excluding tert-OH is 1. The third kappa shape index (κ3) is 2.20. The molecular weight excluding hydrogens is 126 g/mol. The minimum atomic E-state index is -0.118. The fourth-order valence-corrected chi connectivity index (χ4v) is 0.903. The fourth-order valence-electron chi connectivity index (χ4n) is 0.903. The molecule has 2 heteroatoms. The number of rotatable bonds is 3. The van der Waals surface area contributed by atoms with Crippen molar-refractivity contribution in [3.8, 4) is 6.07 Å². The highest BCUT2D eigenvalue weighted by Crippen LogP contribution is 2.10.